The Bertz CT molecular complexity index is 205. The third-order valence-corrected chi connectivity index (χ3v) is 3.40. The summed E-state index contributed by atoms with van der Waals surface area (Å²) >= 11 is 0. The molecule has 0 saturated carbocycles. The van der Waals surface area contributed by atoms with Gasteiger partial charge in [0.05, 0.1) is 5.60 Å². The second-order valence-electron chi connectivity index (χ2n) is 6.66. The minimum Gasteiger partial charge on any atom is -0.377 e. The number of nitrogens with one attached hydrogen (secondary N) is 1. The molecule has 0 aliphatic heterocycles. The first-order valence-electron chi connectivity index (χ1n) is 7.17. The van der Waals surface area contributed by atoms with Crippen molar-refractivity contribution >= 4 is 0 Å². The SMILES string of the molecule is CNC(CN(CC(C)C)CC(C)C)C(C)(C)OC. The maximum absolute atomic E-state index is 5.61. The van der Waals surface area contributed by atoms with E-state index in [4.69, 9.17) is 4.74 Å². The monoisotopic (exact) mass is 258 g/mol. The largest absolute Gasteiger partial charge is 0.377 e. The van der Waals surface area contributed by atoms with Crippen LogP contribution in [0.4, 0.5) is 0 Å². The molecule has 18 heavy (non-hydrogen) atoms. The molecule has 0 spiro atoms. The molecule has 0 saturated heterocycles. The summed E-state index contributed by atoms with van der Waals surface area (Å²) in [5.74, 6) is 1.40. The minimum atomic E-state index is -0.138. The Balaban J connectivity index is 4.60. The summed E-state index contributed by atoms with van der Waals surface area (Å²) in [4.78, 5) is 2.55. The van der Waals surface area contributed by atoms with Gasteiger partial charge in [0.25, 0.3) is 0 Å². The number of likely N-dealkylation sites (N-methyl/N-ethyl adjacent to an activating group) is 1. The average Bonchev–Trinajstić information content (AvgIpc) is 2.23. The highest BCUT2D eigenvalue weighted by Gasteiger charge is 2.29. The van der Waals surface area contributed by atoms with E-state index in [2.05, 4.69) is 51.8 Å². The molecule has 0 radical (unpaired) electrons. The molecule has 0 aromatic heterocycles. The number of ether oxygens (including phenoxy) is 1. The van der Waals surface area contributed by atoms with Gasteiger partial charge >= 0.3 is 0 Å². The lowest BCUT2D eigenvalue weighted by Gasteiger charge is -2.37. The Morgan fingerprint density at radius 2 is 1.44 bits per heavy atom. The van der Waals surface area contributed by atoms with Crippen LogP contribution in [-0.4, -0.2) is 50.3 Å². The second-order valence-corrected chi connectivity index (χ2v) is 6.66. The van der Waals surface area contributed by atoms with Crippen LogP contribution >= 0.6 is 0 Å². The Labute approximate surface area is 114 Å². The molecule has 0 aliphatic rings. The van der Waals surface area contributed by atoms with Gasteiger partial charge in [-0.1, -0.05) is 27.7 Å². The lowest BCUT2D eigenvalue weighted by atomic mass is 9.97. The summed E-state index contributed by atoms with van der Waals surface area (Å²) in [5.41, 5.74) is -0.138. The third kappa shape index (κ3) is 6.72. The molecule has 0 aromatic carbocycles. The van der Waals surface area contributed by atoms with Gasteiger partial charge < -0.3 is 15.0 Å². The number of hydrogen-bond acceptors (Lipinski definition) is 3. The first kappa shape index (κ1) is 17.9. The van der Waals surface area contributed by atoms with Gasteiger partial charge in [0.1, 0.15) is 0 Å². The highest BCUT2D eigenvalue weighted by molar-refractivity contribution is 4.87. The molecule has 0 bridgehead atoms. The summed E-state index contributed by atoms with van der Waals surface area (Å²) < 4.78 is 5.61. The topological polar surface area (TPSA) is 24.5 Å². The zero-order valence-corrected chi connectivity index (χ0v) is 13.7. The zero-order valence-electron chi connectivity index (χ0n) is 13.7. The van der Waals surface area contributed by atoms with Crippen molar-refractivity contribution in [3.8, 4) is 0 Å². The van der Waals surface area contributed by atoms with E-state index in [0.29, 0.717) is 17.9 Å². The van der Waals surface area contributed by atoms with Gasteiger partial charge in [0.2, 0.25) is 0 Å². The first-order chi connectivity index (χ1) is 8.22. The summed E-state index contributed by atoms with van der Waals surface area (Å²) in [7, 11) is 3.81. The molecular formula is C15H34N2O. The van der Waals surface area contributed by atoms with Crippen LogP contribution in [0.3, 0.4) is 0 Å². The molecule has 0 heterocycles. The van der Waals surface area contributed by atoms with Gasteiger partial charge in [-0.3, -0.25) is 0 Å². The van der Waals surface area contributed by atoms with Crippen LogP contribution in [0.5, 0.6) is 0 Å². The molecule has 110 valence electrons. The van der Waals surface area contributed by atoms with Gasteiger partial charge in [-0.2, -0.15) is 0 Å². The smallest absolute Gasteiger partial charge is 0.0787 e. The van der Waals surface area contributed by atoms with Crippen LogP contribution in [0.25, 0.3) is 0 Å². The van der Waals surface area contributed by atoms with E-state index in [0.717, 1.165) is 19.6 Å². The van der Waals surface area contributed by atoms with Crippen LogP contribution in [0.1, 0.15) is 41.5 Å². The van der Waals surface area contributed by atoms with Crippen molar-refractivity contribution in [3.63, 3.8) is 0 Å². The normalized spacial score (nSPS) is 14.8. The Kier molecular flexibility index (Phi) is 8.08. The van der Waals surface area contributed by atoms with E-state index in [1.165, 1.54) is 0 Å². The summed E-state index contributed by atoms with van der Waals surface area (Å²) in [6.07, 6.45) is 0. The lowest BCUT2D eigenvalue weighted by Crippen LogP contribution is -2.54. The summed E-state index contributed by atoms with van der Waals surface area (Å²) in [5, 5.41) is 3.40. The molecule has 3 heteroatoms. The third-order valence-electron chi connectivity index (χ3n) is 3.40. The van der Waals surface area contributed by atoms with Crippen LogP contribution in [0.2, 0.25) is 0 Å². The van der Waals surface area contributed by atoms with Crippen molar-refractivity contribution in [2.24, 2.45) is 11.8 Å². The first-order valence-corrected chi connectivity index (χ1v) is 7.17. The molecule has 1 unspecified atom stereocenters. The van der Waals surface area contributed by atoms with E-state index in [9.17, 15) is 0 Å². The highest BCUT2D eigenvalue weighted by Crippen LogP contribution is 2.16. The van der Waals surface area contributed by atoms with Crippen LogP contribution in [0, 0.1) is 11.8 Å². The number of rotatable bonds is 9. The average molecular weight is 258 g/mol. The Morgan fingerprint density at radius 1 is 1.00 bits per heavy atom. The summed E-state index contributed by atoms with van der Waals surface area (Å²) in [6, 6.07) is 0.347. The lowest BCUT2D eigenvalue weighted by molar-refractivity contribution is -0.0195. The van der Waals surface area contributed by atoms with Gasteiger partial charge in [-0.25, -0.2) is 0 Å². The van der Waals surface area contributed by atoms with Crippen LogP contribution in [-0.2, 0) is 4.74 Å². The minimum absolute atomic E-state index is 0.138. The summed E-state index contributed by atoms with van der Waals surface area (Å²) in [6.45, 7) is 16.8. The number of nitrogens with zero attached hydrogens (tertiary/aromatic N) is 1. The van der Waals surface area contributed by atoms with Crippen molar-refractivity contribution in [2.45, 2.75) is 53.2 Å². The van der Waals surface area contributed by atoms with Crippen LogP contribution in [0.15, 0.2) is 0 Å². The quantitative estimate of drug-likeness (QED) is 0.688. The fourth-order valence-electron chi connectivity index (χ4n) is 2.32. The van der Waals surface area contributed by atoms with Crippen molar-refractivity contribution in [3.05, 3.63) is 0 Å². The molecule has 0 aliphatic carbocycles. The van der Waals surface area contributed by atoms with Gasteiger partial charge in [-0.15, -0.1) is 0 Å². The Morgan fingerprint density at radius 3 is 1.72 bits per heavy atom. The Hall–Kier alpha value is -0.120. The molecule has 0 amide bonds. The van der Waals surface area contributed by atoms with Crippen molar-refractivity contribution in [1.82, 2.24) is 10.2 Å². The number of hydrogen-bond donors (Lipinski definition) is 1. The number of methoxy groups -OCH3 is 1. The van der Waals surface area contributed by atoms with Crippen molar-refractivity contribution in [1.29, 1.82) is 0 Å². The fraction of sp³-hybridized carbons (Fsp3) is 1.00. The van der Waals surface area contributed by atoms with Crippen molar-refractivity contribution < 1.29 is 4.74 Å². The maximum atomic E-state index is 5.61. The van der Waals surface area contributed by atoms with Gasteiger partial charge in [0, 0.05) is 32.8 Å². The molecule has 3 nitrogen and oxygen atoms in total. The maximum Gasteiger partial charge on any atom is 0.0787 e. The molecule has 0 rings (SSSR count). The van der Waals surface area contributed by atoms with E-state index >= 15 is 0 Å². The standard InChI is InChI=1S/C15H34N2O/c1-12(2)9-17(10-13(3)4)11-14(16-7)15(5,6)18-8/h12-14,16H,9-11H2,1-8H3. The fourth-order valence-corrected chi connectivity index (χ4v) is 2.32. The van der Waals surface area contributed by atoms with Crippen LogP contribution < -0.4 is 5.32 Å². The van der Waals surface area contributed by atoms with Crippen molar-refractivity contribution in [2.75, 3.05) is 33.8 Å². The second kappa shape index (κ2) is 8.13. The molecule has 0 aromatic rings. The molecule has 0 fully saturated rings. The molecular weight excluding hydrogens is 224 g/mol. The van der Waals surface area contributed by atoms with E-state index in [1.54, 1.807) is 7.11 Å². The van der Waals surface area contributed by atoms with Gasteiger partial charge in [0.15, 0.2) is 0 Å². The predicted molar refractivity (Wildman–Crippen MR) is 80.1 cm³/mol. The zero-order chi connectivity index (χ0) is 14.3. The van der Waals surface area contributed by atoms with E-state index < -0.39 is 0 Å². The predicted octanol–water partition coefficient (Wildman–Crippen LogP) is 2.61. The highest BCUT2D eigenvalue weighted by atomic mass is 16.5. The molecule has 1 atom stereocenters. The van der Waals surface area contributed by atoms with E-state index in [-0.39, 0.29) is 5.60 Å². The molecule has 1 N–H and O–H groups in total. The van der Waals surface area contributed by atoms with Gasteiger partial charge in [-0.05, 0) is 32.7 Å². The van der Waals surface area contributed by atoms with E-state index in [1.807, 2.05) is 7.05 Å².